The zero-order valence-electron chi connectivity index (χ0n) is 14.8. The summed E-state index contributed by atoms with van der Waals surface area (Å²) in [6, 6.07) is 10.3. The molecule has 2 rings (SSSR count). The fourth-order valence-electron chi connectivity index (χ4n) is 2.18. The molecule has 138 valence electrons. The van der Waals surface area contributed by atoms with E-state index < -0.39 is 16.7 Å². The van der Waals surface area contributed by atoms with Gasteiger partial charge in [0.2, 0.25) is 0 Å². The molecule has 0 unspecified atom stereocenters. The van der Waals surface area contributed by atoms with Crippen LogP contribution >= 0.6 is 0 Å². The van der Waals surface area contributed by atoms with Crippen molar-refractivity contribution in [3.8, 4) is 17.2 Å². The van der Waals surface area contributed by atoms with Gasteiger partial charge < -0.3 is 18.9 Å². The average molecular weight is 361 g/mol. The van der Waals surface area contributed by atoms with Crippen LogP contribution in [0.4, 0.5) is 10.5 Å². The second kappa shape index (κ2) is 7.73. The lowest BCUT2D eigenvalue weighted by Crippen LogP contribution is -2.27. The number of carbonyl (C=O) groups is 1. The van der Waals surface area contributed by atoms with Crippen molar-refractivity contribution < 1.29 is 28.7 Å². The van der Waals surface area contributed by atoms with Gasteiger partial charge in [-0.25, -0.2) is 4.79 Å². The molecule has 0 N–H and O–H groups in total. The largest absolute Gasteiger partial charge is 0.514 e. The van der Waals surface area contributed by atoms with Crippen molar-refractivity contribution >= 4 is 11.8 Å². The van der Waals surface area contributed by atoms with E-state index >= 15 is 0 Å². The van der Waals surface area contributed by atoms with Gasteiger partial charge in [-0.1, -0.05) is 0 Å². The highest BCUT2D eigenvalue weighted by molar-refractivity contribution is 5.65. The number of nitro groups is 1. The first-order chi connectivity index (χ1) is 12.2. The molecule has 0 atom stereocenters. The number of rotatable bonds is 6. The topological polar surface area (TPSA) is 97.1 Å². The maximum absolute atomic E-state index is 12.1. The van der Waals surface area contributed by atoms with Crippen molar-refractivity contribution in [2.24, 2.45) is 0 Å². The molecule has 0 saturated carbocycles. The molecule has 0 aliphatic carbocycles. The summed E-state index contributed by atoms with van der Waals surface area (Å²) >= 11 is 0. The van der Waals surface area contributed by atoms with Crippen LogP contribution in [0.3, 0.4) is 0 Å². The van der Waals surface area contributed by atoms with E-state index in [0.717, 1.165) is 0 Å². The molecule has 0 aliphatic rings. The molecule has 2 aromatic carbocycles. The molecule has 8 nitrogen and oxygen atoms in total. The highest BCUT2D eigenvalue weighted by atomic mass is 16.7. The van der Waals surface area contributed by atoms with Crippen LogP contribution in [0.1, 0.15) is 19.4 Å². The zero-order chi connectivity index (χ0) is 19.3. The molecular formula is C18H19NO7. The summed E-state index contributed by atoms with van der Waals surface area (Å²) in [5.41, 5.74) is -0.483. The molecule has 0 amide bonds. The van der Waals surface area contributed by atoms with Crippen LogP contribution in [0.5, 0.6) is 17.2 Å². The van der Waals surface area contributed by atoms with Gasteiger partial charge in [-0.3, -0.25) is 10.1 Å². The Balaban J connectivity index is 2.12. The van der Waals surface area contributed by atoms with Crippen LogP contribution in [-0.4, -0.2) is 25.3 Å². The number of hydrogen-bond acceptors (Lipinski definition) is 7. The third kappa shape index (κ3) is 4.62. The average Bonchev–Trinajstić information content (AvgIpc) is 2.61. The predicted octanol–water partition coefficient (Wildman–Crippen LogP) is 4.06. The van der Waals surface area contributed by atoms with Gasteiger partial charge >= 0.3 is 6.16 Å². The van der Waals surface area contributed by atoms with E-state index in [-0.39, 0.29) is 11.4 Å². The number of nitro benzene ring substituents is 1. The Labute approximate surface area is 150 Å². The van der Waals surface area contributed by atoms with Crippen LogP contribution in [0.2, 0.25) is 0 Å². The third-order valence-corrected chi connectivity index (χ3v) is 3.63. The lowest BCUT2D eigenvalue weighted by Gasteiger charge is -2.25. The van der Waals surface area contributed by atoms with E-state index in [0.29, 0.717) is 17.1 Å². The maximum Gasteiger partial charge on any atom is 0.514 e. The van der Waals surface area contributed by atoms with E-state index in [1.807, 2.05) is 0 Å². The Morgan fingerprint density at radius 2 is 1.50 bits per heavy atom. The molecule has 0 aromatic heterocycles. The minimum Gasteiger partial charge on any atom is -0.497 e. The van der Waals surface area contributed by atoms with E-state index in [9.17, 15) is 14.9 Å². The van der Waals surface area contributed by atoms with Crippen LogP contribution in [0, 0.1) is 10.1 Å². The van der Waals surface area contributed by atoms with Gasteiger partial charge in [-0.05, 0) is 38.1 Å². The van der Waals surface area contributed by atoms with Gasteiger partial charge in [-0.2, -0.15) is 0 Å². The quantitative estimate of drug-likeness (QED) is 0.331. The number of hydrogen-bond donors (Lipinski definition) is 0. The number of methoxy groups -OCH3 is 2. The lowest BCUT2D eigenvalue weighted by molar-refractivity contribution is -0.384. The standard InChI is InChI=1S/C18H19NO7/c1-18(2,12-9-15(23-3)11-16(10-12)24-4)26-17(20)25-14-7-5-13(6-8-14)19(21)22/h5-11H,1-4H3. The second-order valence-corrected chi connectivity index (χ2v) is 5.82. The number of carbonyl (C=O) groups excluding carboxylic acids is 1. The number of nitrogens with zero attached hydrogens (tertiary/aromatic N) is 1. The van der Waals surface area contributed by atoms with Gasteiger partial charge in [0.05, 0.1) is 19.1 Å². The molecule has 0 fully saturated rings. The summed E-state index contributed by atoms with van der Waals surface area (Å²) in [4.78, 5) is 22.2. The van der Waals surface area contributed by atoms with Crippen LogP contribution in [0.25, 0.3) is 0 Å². The minimum absolute atomic E-state index is 0.102. The summed E-state index contributed by atoms with van der Waals surface area (Å²) in [5.74, 6) is 1.25. The van der Waals surface area contributed by atoms with Gasteiger partial charge in [-0.15, -0.1) is 0 Å². The van der Waals surface area contributed by atoms with Crippen molar-refractivity contribution in [3.63, 3.8) is 0 Å². The first-order valence-electron chi connectivity index (χ1n) is 7.64. The fourth-order valence-corrected chi connectivity index (χ4v) is 2.18. The predicted molar refractivity (Wildman–Crippen MR) is 92.8 cm³/mol. The van der Waals surface area contributed by atoms with Crippen molar-refractivity contribution in [1.29, 1.82) is 0 Å². The third-order valence-electron chi connectivity index (χ3n) is 3.63. The Kier molecular flexibility index (Phi) is 5.66. The smallest absolute Gasteiger partial charge is 0.497 e. The Bertz CT molecular complexity index is 777. The summed E-state index contributed by atoms with van der Waals surface area (Å²) in [5, 5.41) is 10.6. The van der Waals surface area contributed by atoms with E-state index in [4.69, 9.17) is 18.9 Å². The molecule has 0 bridgehead atoms. The highest BCUT2D eigenvalue weighted by Gasteiger charge is 2.28. The normalized spacial score (nSPS) is 10.8. The van der Waals surface area contributed by atoms with Crippen molar-refractivity contribution in [3.05, 3.63) is 58.1 Å². The number of ether oxygens (including phenoxy) is 4. The second-order valence-electron chi connectivity index (χ2n) is 5.82. The minimum atomic E-state index is -1.03. The Morgan fingerprint density at radius 3 is 1.96 bits per heavy atom. The van der Waals surface area contributed by atoms with E-state index in [1.165, 1.54) is 38.5 Å². The summed E-state index contributed by atoms with van der Waals surface area (Å²) in [7, 11) is 3.05. The SMILES string of the molecule is COc1cc(OC)cc(C(C)(C)OC(=O)Oc2ccc([N+](=O)[O-])cc2)c1. The Hall–Kier alpha value is -3.29. The molecule has 0 spiro atoms. The molecular weight excluding hydrogens is 342 g/mol. The first kappa shape index (κ1) is 19.0. The maximum atomic E-state index is 12.1. The number of benzene rings is 2. The zero-order valence-corrected chi connectivity index (χ0v) is 14.8. The molecule has 0 aliphatic heterocycles. The van der Waals surface area contributed by atoms with E-state index in [1.54, 1.807) is 32.0 Å². The molecule has 8 heteroatoms. The monoisotopic (exact) mass is 361 g/mol. The van der Waals surface area contributed by atoms with Crippen LogP contribution in [-0.2, 0) is 10.3 Å². The first-order valence-corrected chi connectivity index (χ1v) is 7.64. The highest BCUT2D eigenvalue weighted by Crippen LogP contribution is 2.32. The van der Waals surface area contributed by atoms with Crippen molar-refractivity contribution in [1.82, 2.24) is 0 Å². The molecule has 26 heavy (non-hydrogen) atoms. The fraction of sp³-hybridized carbons (Fsp3) is 0.278. The van der Waals surface area contributed by atoms with Crippen molar-refractivity contribution in [2.75, 3.05) is 14.2 Å². The summed E-state index contributed by atoms with van der Waals surface area (Å²) in [6.07, 6.45) is -0.939. The Morgan fingerprint density at radius 1 is 0.962 bits per heavy atom. The molecule has 0 heterocycles. The van der Waals surface area contributed by atoms with Crippen LogP contribution in [0.15, 0.2) is 42.5 Å². The van der Waals surface area contributed by atoms with Crippen LogP contribution < -0.4 is 14.2 Å². The number of non-ortho nitro benzene ring substituents is 1. The summed E-state index contributed by atoms with van der Waals surface area (Å²) in [6.45, 7) is 3.39. The van der Waals surface area contributed by atoms with Crippen molar-refractivity contribution in [2.45, 2.75) is 19.4 Å². The van der Waals surface area contributed by atoms with E-state index in [2.05, 4.69) is 0 Å². The van der Waals surface area contributed by atoms with Gasteiger partial charge in [0.25, 0.3) is 5.69 Å². The lowest BCUT2D eigenvalue weighted by atomic mass is 9.97. The van der Waals surface area contributed by atoms with Gasteiger partial charge in [0.15, 0.2) is 0 Å². The van der Waals surface area contributed by atoms with Gasteiger partial charge in [0, 0.05) is 23.8 Å². The summed E-state index contributed by atoms with van der Waals surface area (Å²) < 4.78 is 20.9. The van der Waals surface area contributed by atoms with Gasteiger partial charge in [0.1, 0.15) is 22.8 Å². The molecule has 2 aromatic rings. The molecule has 0 radical (unpaired) electrons. The molecule has 0 saturated heterocycles.